The largest absolute Gasteiger partial charge is 0.482 e. The Bertz CT molecular complexity index is 614. The molecule has 0 aromatic heterocycles. The smallest absolute Gasteiger partial charge is 0.201 e. The first-order valence-electron chi connectivity index (χ1n) is 5.43. The number of Topliss-reactive ketones (excluding diaryl/α,β-unsaturated/α-hetero) is 1. The number of benzene rings is 2. The molecular formula is C14H9Cl2FO2. The summed E-state index contributed by atoms with van der Waals surface area (Å²) in [5.74, 6) is -0.830. The maximum absolute atomic E-state index is 13.3. The molecule has 0 saturated heterocycles. The lowest BCUT2D eigenvalue weighted by molar-refractivity contribution is 0.0919. The highest BCUT2D eigenvalue weighted by Gasteiger charge is 2.12. The number of rotatable bonds is 4. The molecule has 0 fully saturated rings. The first-order valence-corrected chi connectivity index (χ1v) is 6.19. The average Bonchev–Trinajstić information content (AvgIpc) is 2.37. The van der Waals surface area contributed by atoms with Crippen LogP contribution in [0.5, 0.6) is 5.75 Å². The van der Waals surface area contributed by atoms with Gasteiger partial charge in [-0.05, 0) is 30.3 Å². The van der Waals surface area contributed by atoms with Crippen molar-refractivity contribution < 1.29 is 13.9 Å². The SMILES string of the molecule is O=C(COc1ccccc1F)c1ccc(Cl)cc1Cl. The van der Waals surface area contributed by atoms with Crippen molar-refractivity contribution in [3.05, 3.63) is 63.9 Å². The van der Waals surface area contributed by atoms with Crippen LogP contribution in [0.1, 0.15) is 10.4 Å². The van der Waals surface area contributed by atoms with Gasteiger partial charge in [-0.25, -0.2) is 4.39 Å². The van der Waals surface area contributed by atoms with Gasteiger partial charge >= 0.3 is 0 Å². The molecule has 0 unspecified atom stereocenters. The van der Waals surface area contributed by atoms with Crippen molar-refractivity contribution in [2.45, 2.75) is 0 Å². The minimum Gasteiger partial charge on any atom is -0.482 e. The van der Waals surface area contributed by atoms with E-state index >= 15 is 0 Å². The highest BCUT2D eigenvalue weighted by Crippen LogP contribution is 2.22. The Morgan fingerprint density at radius 3 is 2.58 bits per heavy atom. The predicted octanol–water partition coefficient (Wildman–Crippen LogP) is 4.39. The molecule has 0 spiro atoms. The first-order chi connectivity index (χ1) is 9.08. The van der Waals surface area contributed by atoms with Crippen LogP contribution < -0.4 is 4.74 Å². The Kier molecular flexibility index (Phi) is 4.40. The summed E-state index contributed by atoms with van der Waals surface area (Å²) in [5, 5.41) is 0.686. The van der Waals surface area contributed by atoms with Crippen molar-refractivity contribution in [1.82, 2.24) is 0 Å². The Hall–Kier alpha value is -1.58. The Morgan fingerprint density at radius 1 is 1.16 bits per heavy atom. The van der Waals surface area contributed by atoms with Gasteiger partial charge in [0.05, 0.1) is 5.02 Å². The van der Waals surface area contributed by atoms with Crippen LogP contribution in [0, 0.1) is 5.82 Å². The number of para-hydroxylation sites is 1. The van der Waals surface area contributed by atoms with Crippen LogP contribution in [0.25, 0.3) is 0 Å². The molecule has 0 radical (unpaired) electrons. The molecule has 0 atom stereocenters. The van der Waals surface area contributed by atoms with Gasteiger partial charge in [-0.1, -0.05) is 35.3 Å². The Morgan fingerprint density at radius 2 is 1.89 bits per heavy atom. The molecule has 0 aliphatic rings. The van der Waals surface area contributed by atoms with Crippen molar-refractivity contribution in [3.8, 4) is 5.75 Å². The second-order valence-electron chi connectivity index (χ2n) is 3.77. The zero-order valence-corrected chi connectivity index (χ0v) is 11.2. The predicted molar refractivity (Wildman–Crippen MR) is 72.7 cm³/mol. The van der Waals surface area contributed by atoms with E-state index in [1.165, 1.54) is 24.3 Å². The fraction of sp³-hybridized carbons (Fsp3) is 0.0714. The lowest BCUT2D eigenvalue weighted by atomic mass is 10.1. The molecule has 2 aromatic rings. The molecule has 0 saturated carbocycles. The van der Waals surface area contributed by atoms with Gasteiger partial charge in [-0.2, -0.15) is 0 Å². The molecular weight excluding hydrogens is 290 g/mol. The molecule has 19 heavy (non-hydrogen) atoms. The van der Waals surface area contributed by atoms with E-state index in [1.807, 2.05) is 0 Å². The molecule has 0 aliphatic carbocycles. The van der Waals surface area contributed by atoms with Crippen molar-refractivity contribution in [1.29, 1.82) is 0 Å². The third kappa shape index (κ3) is 3.46. The Balaban J connectivity index is 2.08. The van der Waals surface area contributed by atoms with Gasteiger partial charge in [-0.15, -0.1) is 0 Å². The summed E-state index contributed by atoms with van der Waals surface area (Å²) in [4.78, 5) is 11.9. The van der Waals surface area contributed by atoms with Crippen LogP contribution in [0.4, 0.5) is 4.39 Å². The van der Waals surface area contributed by atoms with Crippen molar-refractivity contribution in [2.75, 3.05) is 6.61 Å². The van der Waals surface area contributed by atoms with Crippen LogP contribution in [0.15, 0.2) is 42.5 Å². The maximum atomic E-state index is 13.3. The summed E-state index contributed by atoms with van der Waals surface area (Å²) in [7, 11) is 0. The Labute approximate surface area is 119 Å². The van der Waals surface area contributed by atoms with Gasteiger partial charge in [0.2, 0.25) is 5.78 Å². The lowest BCUT2D eigenvalue weighted by Gasteiger charge is -2.07. The normalized spacial score (nSPS) is 10.3. The van der Waals surface area contributed by atoms with Crippen LogP contribution in [-0.4, -0.2) is 12.4 Å². The fourth-order valence-electron chi connectivity index (χ4n) is 1.50. The van der Waals surface area contributed by atoms with Crippen molar-refractivity contribution in [3.63, 3.8) is 0 Å². The molecule has 0 heterocycles. The molecule has 5 heteroatoms. The van der Waals surface area contributed by atoms with E-state index in [4.69, 9.17) is 27.9 Å². The highest BCUT2D eigenvalue weighted by molar-refractivity contribution is 6.36. The average molecular weight is 299 g/mol. The molecule has 98 valence electrons. The zero-order chi connectivity index (χ0) is 13.8. The van der Waals surface area contributed by atoms with Gasteiger partial charge in [0.1, 0.15) is 0 Å². The van der Waals surface area contributed by atoms with E-state index < -0.39 is 5.82 Å². The van der Waals surface area contributed by atoms with E-state index in [0.717, 1.165) is 0 Å². The van der Waals surface area contributed by atoms with Crippen LogP contribution >= 0.6 is 23.2 Å². The second kappa shape index (κ2) is 6.04. The summed E-state index contributed by atoms with van der Waals surface area (Å²) >= 11 is 11.6. The fourth-order valence-corrected chi connectivity index (χ4v) is 2.01. The number of ketones is 1. The molecule has 2 rings (SSSR count). The molecule has 2 aromatic carbocycles. The monoisotopic (exact) mass is 298 g/mol. The van der Waals surface area contributed by atoms with Crippen LogP contribution in [0.2, 0.25) is 10.0 Å². The minimum absolute atomic E-state index is 0.0286. The topological polar surface area (TPSA) is 26.3 Å². The molecule has 0 bridgehead atoms. The van der Waals surface area contributed by atoms with Crippen LogP contribution in [-0.2, 0) is 0 Å². The van der Waals surface area contributed by atoms with Gasteiger partial charge in [0, 0.05) is 10.6 Å². The second-order valence-corrected chi connectivity index (χ2v) is 4.61. The van der Waals surface area contributed by atoms with Crippen molar-refractivity contribution >= 4 is 29.0 Å². The minimum atomic E-state index is -0.516. The number of hydrogen-bond donors (Lipinski definition) is 0. The zero-order valence-electron chi connectivity index (χ0n) is 9.70. The summed E-state index contributed by atoms with van der Waals surface area (Å²) in [6.07, 6.45) is 0. The third-order valence-electron chi connectivity index (χ3n) is 2.43. The summed E-state index contributed by atoms with van der Waals surface area (Å²) in [6.45, 7) is -0.289. The van der Waals surface area contributed by atoms with E-state index in [-0.39, 0.29) is 23.2 Å². The van der Waals surface area contributed by atoms with E-state index in [9.17, 15) is 9.18 Å². The summed E-state index contributed by atoms with van der Waals surface area (Å²) in [5.41, 5.74) is 0.294. The highest BCUT2D eigenvalue weighted by atomic mass is 35.5. The lowest BCUT2D eigenvalue weighted by Crippen LogP contribution is -2.12. The standard InChI is InChI=1S/C14H9Cl2FO2/c15-9-5-6-10(11(16)7-9)13(18)8-19-14-4-2-1-3-12(14)17/h1-7H,8H2. The van der Waals surface area contributed by atoms with E-state index in [1.54, 1.807) is 18.2 Å². The van der Waals surface area contributed by atoms with E-state index in [2.05, 4.69) is 0 Å². The number of halogens is 3. The number of carbonyl (C=O) groups is 1. The number of hydrogen-bond acceptors (Lipinski definition) is 2. The molecule has 0 N–H and O–H groups in total. The summed E-state index contributed by atoms with van der Waals surface area (Å²) < 4.78 is 18.4. The number of ether oxygens (including phenoxy) is 1. The first kappa shape index (κ1) is 13.8. The van der Waals surface area contributed by atoms with Gasteiger partial charge < -0.3 is 4.74 Å². The van der Waals surface area contributed by atoms with Crippen molar-refractivity contribution in [2.24, 2.45) is 0 Å². The van der Waals surface area contributed by atoms with E-state index in [0.29, 0.717) is 10.6 Å². The quantitative estimate of drug-likeness (QED) is 0.782. The third-order valence-corrected chi connectivity index (χ3v) is 2.97. The van der Waals surface area contributed by atoms with Gasteiger partial charge in [0.15, 0.2) is 18.2 Å². The molecule has 0 aliphatic heterocycles. The maximum Gasteiger partial charge on any atom is 0.201 e. The van der Waals surface area contributed by atoms with Crippen LogP contribution in [0.3, 0.4) is 0 Å². The van der Waals surface area contributed by atoms with Gasteiger partial charge in [-0.3, -0.25) is 4.79 Å². The van der Waals surface area contributed by atoms with Gasteiger partial charge in [0.25, 0.3) is 0 Å². The summed E-state index contributed by atoms with van der Waals surface area (Å²) in [6, 6.07) is 10.4. The molecule has 0 amide bonds. The molecule has 2 nitrogen and oxygen atoms in total. The number of carbonyl (C=O) groups excluding carboxylic acids is 1.